The number of anilines is 1. The predicted molar refractivity (Wildman–Crippen MR) is 112 cm³/mol. The van der Waals surface area contributed by atoms with Crippen molar-refractivity contribution in [2.24, 2.45) is 5.10 Å². The second kappa shape index (κ2) is 10.6. The smallest absolute Gasteiger partial charge is 0.262 e. The summed E-state index contributed by atoms with van der Waals surface area (Å²) in [6, 6.07) is 10.8. The summed E-state index contributed by atoms with van der Waals surface area (Å²) >= 11 is 8.40. The van der Waals surface area contributed by atoms with Crippen molar-refractivity contribution in [2.75, 3.05) is 18.5 Å². The number of hydrazone groups is 1. The van der Waals surface area contributed by atoms with Crippen LogP contribution in [0.1, 0.15) is 12.5 Å². The summed E-state index contributed by atoms with van der Waals surface area (Å²) in [4.78, 5) is 11.9. The van der Waals surface area contributed by atoms with Gasteiger partial charge in [0.15, 0.2) is 11.7 Å². The van der Waals surface area contributed by atoms with Crippen molar-refractivity contribution < 1.29 is 13.9 Å². The van der Waals surface area contributed by atoms with Crippen molar-refractivity contribution in [3.63, 3.8) is 0 Å². The van der Waals surface area contributed by atoms with E-state index < -0.39 is 0 Å². The Morgan fingerprint density at radius 3 is 2.70 bits per heavy atom. The maximum Gasteiger partial charge on any atom is 0.262 e. The average molecular weight is 453 g/mol. The molecule has 0 fully saturated rings. The van der Waals surface area contributed by atoms with Crippen molar-refractivity contribution in [1.82, 2.24) is 10.7 Å². The molecule has 0 bridgehead atoms. The van der Waals surface area contributed by atoms with Crippen LogP contribution in [0.4, 0.5) is 10.1 Å². The quantitative estimate of drug-likeness (QED) is 0.341. The van der Waals surface area contributed by atoms with Crippen LogP contribution >= 0.6 is 28.1 Å². The van der Waals surface area contributed by atoms with E-state index >= 15 is 0 Å². The molecule has 1 amide bonds. The highest BCUT2D eigenvalue weighted by molar-refractivity contribution is 9.10. The van der Waals surface area contributed by atoms with Gasteiger partial charge in [-0.3, -0.25) is 10.2 Å². The van der Waals surface area contributed by atoms with Crippen LogP contribution < -0.4 is 20.8 Å². The third-order valence-electron chi connectivity index (χ3n) is 3.16. The Balaban J connectivity index is 1.86. The highest BCUT2D eigenvalue weighted by Gasteiger charge is 2.07. The molecule has 6 nitrogen and oxygen atoms in total. The molecule has 0 spiro atoms. The Labute approximate surface area is 170 Å². The Morgan fingerprint density at radius 2 is 2.04 bits per heavy atom. The van der Waals surface area contributed by atoms with Gasteiger partial charge in [-0.1, -0.05) is 0 Å². The summed E-state index contributed by atoms with van der Waals surface area (Å²) in [7, 11) is 0. The van der Waals surface area contributed by atoms with E-state index in [1.54, 1.807) is 24.4 Å². The highest BCUT2D eigenvalue weighted by atomic mass is 79.9. The van der Waals surface area contributed by atoms with Gasteiger partial charge >= 0.3 is 0 Å². The minimum absolute atomic E-state index is 0.179. The molecule has 0 aliphatic rings. The molecule has 0 unspecified atom stereocenters. The number of thiocarbonyl (C=S) groups is 1. The standard InChI is InChI=1S/C18H18BrFN4O2S/c1-2-21-18(27)24-22-10-12-3-8-16(15(19)9-12)26-11-17(25)23-14-6-4-13(20)5-7-14/h3-10H,2,11H2,1H3,(H,23,25)(H2,21,24,27). The van der Waals surface area contributed by atoms with Gasteiger partial charge in [0.1, 0.15) is 11.6 Å². The SMILES string of the molecule is CCNC(=S)NN=Cc1ccc(OCC(=O)Nc2ccc(F)cc2)c(Br)c1. The maximum atomic E-state index is 12.9. The average Bonchev–Trinajstić information content (AvgIpc) is 2.63. The number of nitrogens with one attached hydrogen (secondary N) is 3. The van der Waals surface area contributed by atoms with Crippen molar-refractivity contribution in [3.05, 3.63) is 58.3 Å². The van der Waals surface area contributed by atoms with Crippen LogP contribution in [-0.2, 0) is 4.79 Å². The molecule has 3 N–H and O–H groups in total. The lowest BCUT2D eigenvalue weighted by atomic mass is 10.2. The van der Waals surface area contributed by atoms with Gasteiger partial charge in [0.2, 0.25) is 0 Å². The molecule has 0 aliphatic heterocycles. The first-order valence-electron chi connectivity index (χ1n) is 8.02. The molecule has 2 rings (SSSR count). The minimum Gasteiger partial charge on any atom is -0.483 e. The number of hydrogen-bond donors (Lipinski definition) is 3. The minimum atomic E-state index is -0.365. The molecule has 2 aromatic rings. The number of carbonyl (C=O) groups is 1. The monoisotopic (exact) mass is 452 g/mol. The van der Waals surface area contributed by atoms with Gasteiger partial charge in [-0.15, -0.1) is 0 Å². The van der Waals surface area contributed by atoms with E-state index in [9.17, 15) is 9.18 Å². The lowest BCUT2D eigenvalue weighted by Gasteiger charge is -2.09. The van der Waals surface area contributed by atoms with E-state index in [1.165, 1.54) is 24.3 Å². The second-order valence-corrected chi connectivity index (χ2v) is 6.53. The number of nitrogens with zero attached hydrogens (tertiary/aromatic N) is 1. The number of amides is 1. The number of benzene rings is 2. The molecule has 0 atom stereocenters. The van der Waals surface area contributed by atoms with Crippen LogP contribution in [0.3, 0.4) is 0 Å². The lowest BCUT2D eigenvalue weighted by Crippen LogP contribution is -2.31. The summed E-state index contributed by atoms with van der Waals surface area (Å²) in [6.07, 6.45) is 1.61. The summed E-state index contributed by atoms with van der Waals surface area (Å²) < 4.78 is 19.0. The number of rotatable bonds is 7. The summed E-state index contributed by atoms with van der Waals surface area (Å²) in [6.45, 7) is 2.48. The Morgan fingerprint density at radius 1 is 1.30 bits per heavy atom. The molecule has 0 heterocycles. The molecule has 0 saturated heterocycles. The third kappa shape index (κ3) is 7.32. The number of hydrogen-bond acceptors (Lipinski definition) is 4. The zero-order valence-corrected chi connectivity index (χ0v) is 16.9. The fourth-order valence-corrected chi connectivity index (χ4v) is 2.66. The summed E-state index contributed by atoms with van der Waals surface area (Å²) in [5.74, 6) is -0.201. The van der Waals surface area contributed by atoms with Crippen molar-refractivity contribution in [2.45, 2.75) is 6.92 Å². The zero-order chi connectivity index (χ0) is 19.6. The predicted octanol–water partition coefficient (Wildman–Crippen LogP) is 3.42. The fourth-order valence-electron chi connectivity index (χ4n) is 1.95. The summed E-state index contributed by atoms with van der Waals surface area (Å²) in [5.41, 5.74) is 4.01. The van der Waals surface area contributed by atoms with Crippen LogP contribution in [0.25, 0.3) is 0 Å². The van der Waals surface area contributed by atoms with Crippen molar-refractivity contribution in [3.8, 4) is 5.75 Å². The molecule has 27 heavy (non-hydrogen) atoms. The van der Waals surface area contributed by atoms with Gasteiger partial charge in [0.25, 0.3) is 5.91 Å². The van der Waals surface area contributed by atoms with E-state index in [4.69, 9.17) is 17.0 Å². The van der Waals surface area contributed by atoms with E-state index in [-0.39, 0.29) is 18.3 Å². The topological polar surface area (TPSA) is 74.8 Å². The van der Waals surface area contributed by atoms with Gasteiger partial charge in [-0.05, 0) is 83.1 Å². The molecule has 2 aromatic carbocycles. The Hall–Kier alpha value is -2.52. The van der Waals surface area contributed by atoms with Crippen LogP contribution in [-0.4, -0.2) is 30.4 Å². The van der Waals surface area contributed by atoms with Gasteiger partial charge in [-0.25, -0.2) is 4.39 Å². The normalized spacial score (nSPS) is 10.5. The molecule has 0 radical (unpaired) electrons. The first kappa shape index (κ1) is 20.8. The van der Waals surface area contributed by atoms with Crippen LogP contribution in [0.15, 0.2) is 52.0 Å². The van der Waals surface area contributed by atoms with Crippen molar-refractivity contribution in [1.29, 1.82) is 0 Å². The third-order valence-corrected chi connectivity index (χ3v) is 4.02. The van der Waals surface area contributed by atoms with Crippen LogP contribution in [0.2, 0.25) is 0 Å². The molecule has 142 valence electrons. The number of halogens is 2. The first-order valence-corrected chi connectivity index (χ1v) is 9.22. The first-order chi connectivity index (χ1) is 13.0. The van der Waals surface area contributed by atoms with E-state index in [0.29, 0.717) is 27.6 Å². The maximum absolute atomic E-state index is 12.9. The fraction of sp³-hybridized carbons (Fsp3) is 0.167. The molecule has 0 saturated carbocycles. The molecule has 9 heteroatoms. The van der Waals surface area contributed by atoms with Gasteiger partial charge in [0.05, 0.1) is 10.7 Å². The zero-order valence-electron chi connectivity index (χ0n) is 14.5. The Bertz CT molecular complexity index is 831. The molecule has 0 aromatic heterocycles. The number of ether oxygens (including phenoxy) is 1. The largest absolute Gasteiger partial charge is 0.483 e. The Kier molecular flexibility index (Phi) is 8.15. The van der Waals surface area contributed by atoms with Crippen molar-refractivity contribution >= 4 is 51.1 Å². The highest BCUT2D eigenvalue weighted by Crippen LogP contribution is 2.25. The van der Waals surface area contributed by atoms with Crippen LogP contribution in [0, 0.1) is 5.82 Å². The van der Waals surface area contributed by atoms with E-state index in [1.807, 2.05) is 6.92 Å². The molecular formula is C18H18BrFN4O2S. The molecular weight excluding hydrogens is 435 g/mol. The van der Waals surface area contributed by atoms with Gasteiger partial charge < -0.3 is 15.4 Å². The number of carbonyl (C=O) groups excluding carboxylic acids is 1. The van der Waals surface area contributed by atoms with E-state index in [0.717, 1.165) is 5.56 Å². The van der Waals surface area contributed by atoms with Gasteiger partial charge in [-0.2, -0.15) is 5.10 Å². The van der Waals surface area contributed by atoms with Crippen LogP contribution in [0.5, 0.6) is 5.75 Å². The lowest BCUT2D eigenvalue weighted by molar-refractivity contribution is -0.118. The molecule has 0 aliphatic carbocycles. The second-order valence-electron chi connectivity index (χ2n) is 5.26. The van der Waals surface area contributed by atoms with Gasteiger partial charge in [0, 0.05) is 12.2 Å². The summed E-state index contributed by atoms with van der Waals surface area (Å²) in [5, 5.41) is 10.0. The van der Waals surface area contributed by atoms with E-state index in [2.05, 4.69) is 37.1 Å².